The van der Waals surface area contributed by atoms with E-state index in [-0.39, 0.29) is 12.3 Å². The van der Waals surface area contributed by atoms with Crippen LogP contribution in [0.25, 0.3) is 0 Å². The van der Waals surface area contributed by atoms with Gasteiger partial charge in [0.15, 0.2) is 5.78 Å². The van der Waals surface area contributed by atoms with Crippen molar-refractivity contribution in [1.82, 2.24) is 9.97 Å². The second-order valence-corrected chi connectivity index (χ2v) is 3.75. The molecule has 2 aromatic rings. The fourth-order valence-electron chi connectivity index (χ4n) is 1.60. The quantitative estimate of drug-likeness (QED) is 0.794. The Balaban J connectivity index is 2.26. The lowest BCUT2D eigenvalue weighted by Gasteiger charge is -2.04. The van der Waals surface area contributed by atoms with Gasteiger partial charge in [0.25, 0.3) is 0 Å². The maximum absolute atomic E-state index is 13.4. The molecule has 0 saturated heterocycles. The molecule has 0 unspecified atom stereocenters. The lowest BCUT2D eigenvalue weighted by atomic mass is 10.1. The molecule has 19 heavy (non-hydrogen) atoms. The predicted molar refractivity (Wildman–Crippen MR) is 63.0 cm³/mol. The number of benzene rings is 1. The highest BCUT2D eigenvalue weighted by molar-refractivity contribution is 5.97. The van der Waals surface area contributed by atoms with Gasteiger partial charge in [-0.05, 0) is 12.1 Å². The molecule has 98 valence electrons. The van der Waals surface area contributed by atoms with Gasteiger partial charge in [-0.25, -0.2) is 18.7 Å². The van der Waals surface area contributed by atoms with Crippen molar-refractivity contribution in [1.29, 1.82) is 0 Å². The van der Waals surface area contributed by atoms with Crippen LogP contribution < -0.4 is 4.74 Å². The summed E-state index contributed by atoms with van der Waals surface area (Å²) in [5.74, 6) is -2.17. The van der Waals surface area contributed by atoms with Gasteiger partial charge in [0.05, 0.1) is 24.8 Å². The summed E-state index contributed by atoms with van der Waals surface area (Å²) < 4.78 is 31.7. The fourth-order valence-corrected chi connectivity index (χ4v) is 1.60. The minimum Gasteiger partial charge on any atom is -0.481 e. The van der Waals surface area contributed by atoms with Crippen molar-refractivity contribution in [2.75, 3.05) is 7.11 Å². The van der Waals surface area contributed by atoms with E-state index in [1.165, 1.54) is 25.6 Å². The number of halogens is 2. The number of ketones is 1. The molecule has 4 nitrogen and oxygen atoms in total. The molecule has 0 aliphatic heterocycles. The maximum Gasteiger partial charge on any atom is 0.216 e. The summed E-state index contributed by atoms with van der Waals surface area (Å²) in [6.07, 6.45) is 0.996. The first-order valence-electron chi connectivity index (χ1n) is 5.44. The van der Waals surface area contributed by atoms with E-state index in [0.717, 1.165) is 12.1 Å². The zero-order chi connectivity index (χ0) is 13.8. The Bertz CT molecular complexity index is 597. The van der Waals surface area contributed by atoms with Gasteiger partial charge >= 0.3 is 0 Å². The molecule has 0 atom stereocenters. The topological polar surface area (TPSA) is 52.1 Å². The molecule has 0 aliphatic carbocycles. The van der Waals surface area contributed by atoms with Gasteiger partial charge < -0.3 is 4.74 Å². The van der Waals surface area contributed by atoms with Gasteiger partial charge in [-0.3, -0.25) is 4.79 Å². The molecule has 2 rings (SSSR count). The summed E-state index contributed by atoms with van der Waals surface area (Å²) in [5.41, 5.74) is -0.223. The molecule has 1 aromatic carbocycles. The van der Waals surface area contributed by atoms with Crippen LogP contribution in [0.1, 0.15) is 16.1 Å². The molecule has 0 fully saturated rings. The average Bonchev–Trinajstić information content (AvgIpc) is 2.38. The number of nitrogens with zero attached hydrogens (tertiary/aromatic N) is 2. The molecular weight excluding hydrogens is 254 g/mol. The lowest BCUT2D eigenvalue weighted by molar-refractivity contribution is 0.0984. The Hall–Kier alpha value is -2.37. The Kier molecular flexibility index (Phi) is 3.79. The van der Waals surface area contributed by atoms with E-state index in [1.54, 1.807) is 0 Å². The molecule has 1 heterocycles. The van der Waals surface area contributed by atoms with Crippen LogP contribution in [0.3, 0.4) is 0 Å². The molecule has 0 bridgehead atoms. The molecule has 0 radical (unpaired) electrons. The predicted octanol–water partition coefficient (Wildman–Crippen LogP) is 2.19. The van der Waals surface area contributed by atoms with E-state index >= 15 is 0 Å². The second kappa shape index (κ2) is 5.51. The van der Waals surface area contributed by atoms with E-state index < -0.39 is 23.0 Å². The summed E-state index contributed by atoms with van der Waals surface area (Å²) in [6.45, 7) is 0. The maximum atomic E-state index is 13.4. The van der Waals surface area contributed by atoms with Crippen molar-refractivity contribution in [3.63, 3.8) is 0 Å². The molecular formula is C13H10F2N2O2. The fraction of sp³-hybridized carbons (Fsp3) is 0.154. The standard InChI is InChI=1S/C13H10F2N2O2/c1-19-12-6-8(16-7-17-12)5-11(18)13-9(14)3-2-4-10(13)15/h2-4,6-7H,5H2,1H3. The third-order valence-corrected chi connectivity index (χ3v) is 2.49. The van der Waals surface area contributed by atoms with E-state index in [4.69, 9.17) is 4.74 Å². The summed E-state index contributed by atoms with van der Waals surface area (Å²) >= 11 is 0. The van der Waals surface area contributed by atoms with E-state index in [2.05, 4.69) is 9.97 Å². The Morgan fingerprint density at radius 1 is 1.26 bits per heavy atom. The first-order chi connectivity index (χ1) is 9.11. The smallest absolute Gasteiger partial charge is 0.216 e. The number of carbonyl (C=O) groups excluding carboxylic acids is 1. The molecule has 0 N–H and O–H groups in total. The van der Waals surface area contributed by atoms with Crippen molar-refractivity contribution >= 4 is 5.78 Å². The number of methoxy groups -OCH3 is 1. The summed E-state index contributed by atoms with van der Waals surface area (Å²) in [7, 11) is 1.42. The first-order valence-corrected chi connectivity index (χ1v) is 5.44. The average molecular weight is 264 g/mol. The zero-order valence-electron chi connectivity index (χ0n) is 10.1. The zero-order valence-corrected chi connectivity index (χ0v) is 10.1. The Labute approximate surface area is 108 Å². The number of Topliss-reactive ketones (excluding diaryl/α,β-unsaturated/α-hetero) is 1. The van der Waals surface area contributed by atoms with E-state index in [1.807, 2.05) is 0 Å². The van der Waals surface area contributed by atoms with Gasteiger partial charge in [0.2, 0.25) is 5.88 Å². The van der Waals surface area contributed by atoms with Crippen LogP contribution in [-0.4, -0.2) is 22.9 Å². The Morgan fingerprint density at radius 3 is 2.58 bits per heavy atom. The third-order valence-electron chi connectivity index (χ3n) is 2.49. The van der Waals surface area contributed by atoms with Gasteiger partial charge in [-0.1, -0.05) is 6.07 Å². The summed E-state index contributed by atoms with van der Waals surface area (Å²) in [5, 5.41) is 0. The van der Waals surface area contributed by atoms with Crippen LogP contribution in [0.15, 0.2) is 30.6 Å². The van der Waals surface area contributed by atoms with Gasteiger partial charge in [0.1, 0.15) is 18.0 Å². The van der Waals surface area contributed by atoms with Crippen LogP contribution in [0.2, 0.25) is 0 Å². The Morgan fingerprint density at radius 2 is 1.95 bits per heavy atom. The lowest BCUT2D eigenvalue weighted by Crippen LogP contribution is -2.10. The molecule has 6 heteroatoms. The monoisotopic (exact) mass is 264 g/mol. The second-order valence-electron chi connectivity index (χ2n) is 3.75. The largest absolute Gasteiger partial charge is 0.481 e. The highest BCUT2D eigenvalue weighted by Gasteiger charge is 2.18. The molecule has 1 aromatic heterocycles. The van der Waals surface area contributed by atoms with Crippen LogP contribution >= 0.6 is 0 Å². The molecule has 0 spiro atoms. The number of aromatic nitrogens is 2. The molecule has 0 amide bonds. The number of ether oxygens (including phenoxy) is 1. The number of hydrogen-bond acceptors (Lipinski definition) is 4. The van der Waals surface area contributed by atoms with Crippen molar-refractivity contribution in [3.05, 3.63) is 53.5 Å². The van der Waals surface area contributed by atoms with Crippen LogP contribution in [-0.2, 0) is 6.42 Å². The van der Waals surface area contributed by atoms with Crippen LogP contribution in [0.5, 0.6) is 5.88 Å². The van der Waals surface area contributed by atoms with Crippen LogP contribution in [0, 0.1) is 11.6 Å². The number of hydrogen-bond donors (Lipinski definition) is 0. The van der Waals surface area contributed by atoms with Crippen LogP contribution in [0.4, 0.5) is 8.78 Å². The highest BCUT2D eigenvalue weighted by atomic mass is 19.1. The van der Waals surface area contributed by atoms with Crippen molar-refractivity contribution in [2.24, 2.45) is 0 Å². The minimum absolute atomic E-state index is 0.225. The van der Waals surface area contributed by atoms with Crippen molar-refractivity contribution in [3.8, 4) is 5.88 Å². The SMILES string of the molecule is COc1cc(CC(=O)c2c(F)cccc2F)ncn1. The number of carbonyl (C=O) groups is 1. The van der Waals surface area contributed by atoms with Gasteiger partial charge in [0, 0.05) is 6.07 Å². The van der Waals surface area contributed by atoms with Gasteiger partial charge in [-0.15, -0.1) is 0 Å². The molecule has 0 aliphatic rings. The molecule has 0 saturated carbocycles. The number of rotatable bonds is 4. The first kappa shape index (κ1) is 13.1. The van der Waals surface area contributed by atoms with Crippen molar-refractivity contribution in [2.45, 2.75) is 6.42 Å². The minimum atomic E-state index is -0.883. The van der Waals surface area contributed by atoms with E-state index in [0.29, 0.717) is 5.69 Å². The normalized spacial score (nSPS) is 10.3. The summed E-state index contributed by atoms with van der Waals surface area (Å²) in [6, 6.07) is 4.72. The van der Waals surface area contributed by atoms with Crippen molar-refractivity contribution < 1.29 is 18.3 Å². The highest BCUT2D eigenvalue weighted by Crippen LogP contribution is 2.15. The van der Waals surface area contributed by atoms with Gasteiger partial charge in [-0.2, -0.15) is 0 Å². The summed E-state index contributed by atoms with van der Waals surface area (Å²) in [4.78, 5) is 19.5. The third kappa shape index (κ3) is 2.90. The van der Waals surface area contributed by atoms with E-state index in [9.17, 15) is 13.6 Å².